The zero-order valence-corrected chi connectivity index (χ0v) is 28.0. The molecule has 0 bridgehead atoms. The number of nitrogens with zero attached hydrogens (tertiary/aromatic N) is 6. The molecule has 0 radical (unpaired) electrons. The van der Waals surface area contributed by atoms with Crippen molar-refractivity contribution in [2.45, 2.75) is 55.8 Å². The first-order valence-corrected chi connectivity index (χ1v) is 17.8. The summed E-state index contributed by atoms with van der Waals surface area (Å²) < 4.78 is 48.3. The molecule has 0 amide bonds. The minimum atomic E-state index is -1.51. The number of thiophene rings is 1. The number of β-amino-alcohol motifs (C(OH)–C–C–N with tert-alkyl or cyclic N) is 1. The van der Waals surface area contributed by atoms with Crippen molar-refractivity contribution in [3.63, 3.8) is 0 Å². The molecule has 47 heavy (non-hydrogen) atoms. The summed E-state index contributed by atoms with van der Waals surface area (Å²) in [6.07, 6.45) is 5.79. The molecule has 3 saturated heterocycles. The summed E-state index contributed by atoms with van der Waals surface area (Å²) in [6.45, 7) is 5.02. The Hall–Kier alpha value is -3.01. The highest BCUT2D eigenvalue weighted by atomic mass is 35.5. The van der Waals surface area contributed by atoms with Crippen molar-refractivity contribution in [3.8, 4) is 17.3 Å². The van der Waals surface area contributed by atoms with E-state index in [1.54, 1.807) is 19.2 Å². The van der Waals surface area contributed by atoms with Gasteiger partial charge in [-0.2, -0.15) is 19.4 Å². The second-order valence-electron chi connectivity index (χ2n) is 13.7. The van der Waals surface area contributed by atoms with Crippen molar-refractivity contribution >= 4 is 70.8 Å². The summed E-state index contributed by atoms with van der Waals surface area (Å²) in [7, 11) is 0. The molecular formula is C32H32ClF2N7O3S2. The lowest BCUT2D eigenvalue weighted by Gasteiger charge is -2.31. The average Bonchev–Trinajstić information content (AvgIpc) is 3.51. The van der Waals surface area contributed by atoms with Crippen LogP contribution in [-0.2, 0) is 10.4 Å². The van der Waals surface area contributed by atoms with Gasteiger partial charge in [0.15, 0.2) is 0 Å². The maximum Gasteiger partial charge on any atom is 0.319 e. The van der Waals surface area contributed by atoms with E-state index < -0.39 is 11.3 Å². The van der Waals surface area contributed by atoms with Gasteiger partial charge >= 0.3 is 6.01 Å². The number of benzene rings is 1. The van der Waals surface area contributed by atoms with Gasteiger partial charge in [-0.1, -0.05) is 11.6 Å². The number of ether oxygens (including phenoxy) is 2. The van der Waals surface area contributed by atoms with Crippen LogP contribution in [0, 0.1) is 0 Å². The summed E-state index contributed by atoms with van der Waals surface area (Å²) >= 11 is 9.52. The maximum absolute atomic E-state index is 16.0. The standard InChI is InChI=1S/C32H32ClF2N7O3S2/c1-30(43)14-41(7-8-44-15-30)27-22-25-26(24(40-47-25)21-18-12-36-39-20(18)9-19(33)23(21)32(35)4-5-32)46-28(22)38-29(37-27)45-16-31-3-2-6-42(31)13-17(10-31)11-34/h9,11-12,43H,2-8,10,13-16H2,1H3,(H,36,39)/b17-11-/t30-,31-/m0/s1. The Kier molecular flexibility index (Phi) is 6.88. The smallest absolute Gasteiger partial charge is 0.319 e. The zero-order valence-electron chi connectivity index (χ0n) is 25.6. The normalized spacial score (nSPS) is 27.0. The topological polar surface area (TPSA) is 113 Å². The van der Waals surface area contributed by atoms with Crippen LogP contribution in [0.1, 0.15) is 44.6 Å². The van der Waals surface area contributed by atoms with Crippen molar-refractivity contribution in [1.29, 1.82) is 0 Å². The summed E-state index contributed by atoms with van der Waals surface area (Å²) in [5.41, 5.74) is 0.324. The van der Waals surface area contributed by atoms with E-state index >= 15 is 4.39 Å². The molecule has 4 aromatic heterocycles. The van der Waals surface area contributed by atoms with E-state index in [1.807, 2.05) is 4.90 Å². The number of aliphatic hydroxyl groups is 1. The van der Waals surface area contributed by atoms with Gasteiger partial charge in [0.1, 0.15) is 34.2 Å². The molecule has 15 heteroatoms. The number of H-pyrrole nitrogens is 1. The highest BCUT2D eigenvalue weighted by Gasteiger charge is 2.49. The quantitative estimate of drug-likeness (QED) is 0.205. The monoisotopic (exact) mass is 699 g/mol. The van der Waals surface area contributed by atoms with E-state index in [9.17, 15) is 9.50 Å². The highest BCUT2D eigenvalue weighted by Crippen LogP contribution is 2.57. The summed E-state index contributed by atoms with van der Waals surface area (Å²) in [6, 6.07) is 1.96. The third kappa shape index (κ3) is 4.85. The van der Waals surface area contributed by atoms with Gasteiger partial charge in [-0.25, -0.2) is 8.78 Å². The van der Waals surface area contributed by atoms with Gasteiger partial charge in [-0.15, -0.1) is 11.3 Å². The second kappa shape index (κ2) is 10.7. The molecule has 2 atom stereocenters. The molecule has 4 aliphatic rings. The Morgan fingerprint density at radius 2 is 2.11 bits per heavy atom. The Morgan fingerprint density at radius 3 is 2.94 bits per heavy atom. The Bertz CT molecular complexity index is 2090. The summed E-state index contributed by atoms with van der Waals surface area (Å²) in [5, 5.41) is 20.2. The van der Waals surface area contributed by atoms with Gasteiger partial charge in [0.25, 0.3) is 0 Å². The predicted molar refractivity (Wildman–Crippen MR) is 179 cm³/mol. The number of hydrogen-bond donors (Lipinski definition) is 2. The summed E-state index contributed by atoms with van der Waals surface area (Å²) in [4.78, 5) is 14.9. The van der Waals surface area contributed by atoms with Gasteiger partial charge in [0.05, 0.1) is 58.1 Å². The molecule has 246 valence electrons. The van der Waals surface area contributed by atoms with Gasteiger partial charge in [0.2, 0.25) is 0 Å². The van der Waals surface area contributed by atoms with Crippen LogP contribution in [0.25, 0.3) is 41.8 Å². The first-order valence-electron chi connectivity index (χ1n) is 15.8. The van der Waals surface area contributed by atoms with Crippen molar-refractivity contribution in [3.05, 3.63) is 34.8 Å². The van der Waals surface area contributed by atoms with Crippen LogP contribution in [0.15, 0.2) is 24.2 Å². The molecule has 9 rings (SSSR count). The highest BCUT2D eigenvalue weighted by molar-refractivity contribution is 7.31. The van der Waals surface area contributed by atoms with E-state index in [2.05, 4.69) is 15.1 Å². The molecule has 1 aliphatic carbocycles. The first kappa shape index (κ1) is 30.1. The molecule has 5 aromatic rings. The van der Waals surface area contributed by atoms with Crippen LogP contribution in [0.3, 0.4) is 0 Å². The van der Waals surface area contributed by atoms with Crippen LogP contribution in [0.4, 0.5) is 14.6 Å². The van der Waals surface area contributed by atoms with E-state index in [0.717, 1.165) is 51.5 Å². The van der Waals surface area contributed by atoms with Crippen LogP contribution < -0.4 is 9.64 Å². The molecule has 2 N–H and O–H groups in total. The van der Waals surface area contributed by atoms with Crippen LogP contribution in [0.5, 0.6) is 6.01 Å². The van der Waals surface area contributed by atoms with Crippen LogP contribution >= 0.6 is 34.5 Å². The fourth-order valence-corrected chi connectivity index (χ4v) is 10.3. The number of anilines is 1. The lowest BCUT2D eigenvalue weighted by atomic mass is 9.94. The molecular weight excluding hydrogens is 668 g/mol. The van der Waals surface area contributed by atoms with Gasteiger partial charge in [-0.05, 0) is 68.7 Å². The predicted octanol–water partition coefficient (Wildman–Crippen LogP) is 6.51. The van der Waals surface area contributed by atoms with Crippen LogP contribution in [0.2, 0.25) is 5.02 Å². The number of halogens is 3. The molecule has 4 fully saturated rings. The number of fused-ring (bicyclic) bond motifs is 5. The lowest BCUT2D eigenvalue weighted by Crippen LogP contribution is -2.43. The van der Waals surface area contributed by atoms with E-state index in [-0.39, 0.29) is 18.2 Å². The van der Waals surface area contributed by atoms with Crippen molar-refractivity contribution in [2.24, 2.45) is 0 Å². The second-order valence-corrected chi connectivity index (χ2v) is 15.8. The minimum Gasteiger partial charge on any atom is -0.461 e. The zero-order chi connectivity index (χ0) is 32.1. The molecule has 10 nitrogen and oxygen atoms in total. The van der Waals surface area contributed by atoms with Crippen molar-refractivity contribution in [2.75, 3.05) is 50.9 Å². The minimum absolute atomic E-state index is 0.205. The Balaban J connectivity index is 1.20. The number of rotatable bonds is 6. The molecule has 3 aliphatic heterocycles. The SMILES string of the molecule is C[C@@]1(O)COCCN(c2nc(OC[C@@]34CCCN3C/C(=C\F)C4)nc3sc4c(-c5c(C6(F)CC6)c(Cl)cc6[nH]ncc56)nsc4c23)C1. The average molecular weight is 700 g/mol. The van der Waals surface area contributed by atoms with Crippen molar-refractivity contribution < 1.29 is 23.4 Å². The third-order valence-electron chi connectivity index (χ3n) is 10.0. The maximum atomic E-state index is 16.0. The largest absolute Gasteiger partial charge is 0.461 e. The molecule has 0 spiro atoms. The van der Waals surface area contributed by atoms with E-state index in [1.165, 1.54) is 22.9 Å². The van der Waals surface area contributed by atoms with Crippen molar-refractivity contribution in [1.82, 2.24) is 29.4 Å². The van der Waals surface area contributed by atoms with E-state index in [0.29, 0.717) is 90.1 Å². The molecule has 1 aromatic carbocycles. The van der Waals surface area contributed by atoms with Crippen LogP contribution in [-0.4, -0.2) is 91.7 Å². The number of alkyl halides is 1. The lowest BCUT2D eigenvalue weighted by molar-refractivity contribution is -0.0123. The van der Waals surface area contributed by atoms with E-state index in [4.69, 9.17) is 35.4 Å². The number of aromatic amines is 1. The molecule has 1 saturated carbocycles. The fraction of sp³-hybridized carbons (Fsp3) is 0.500. The fourth-order valence-electron chi connectivity index (χ4n) is 7.70. The molecule has 7 heterocycles. The Morgan fingerprint density at radius 1 is 1.23 bits per heavy atom. The number of nitrogens with one attached hydrogen (secondary N) is 1. The third-order valence-corrected chi connectivity index (χ3v) is 12.4. The Labute approximate surface area is 281 Å². The van der Waals surface area contributed by atoms with Gasteiger partial charge in [-0.3, -0.25) is 10.00 Å². The summed E-state index contributed by atoms with van der Waals surface area (Å²) in [5.74, 6) is 0.623. The number of hydrogen-bond acceptors (Lipinski definition) is 11. The van der Waals surface area contributed by atoms with Gasteiger partial charge in [0, 0.05) is 34.6 Å². The first-order chi connectivity index (χ1) is 22.7. The molecule has 0 unspecified atom stereocenters. The number of aromatic nitrogens is 5. The van der Waals surface area contributed by atoms with Gasteiger partial charge < -0.3 is 19.5 Å².